The molecule has 0 bridgehead atoms. The summed E-state index contributed by atoms with van der Waals surface area (Å²) in [6.07, 6.45) is 6.09. The summed E-state index contributed by atoms with van der Waals surface area (Å²) in [5.41, 5.74) is 35.3. The van der Waals surface area contributed by atoms with Gasteiger partial charge < -0.3 is 136 Å². The molecule has 46 nitrogen and oxygen atoms in total. The number of hydrogen-bond acceptors (Lipinski definition) is 34. The minimum absolute atomic E-state index is 0.0224. The third-order valence-electron chi connectivity index (χ3n) is 23.5. The summed E-state index contributed by atoms with van der Waals surface area (Å²) in [5.74, 6) is -1.56. The summed E-state index contributed by atoms with van der Waals surface area (Å²) in [5, 5.41) is 76.9. The number of pyridine rings is 3. The van der Waals surface area contributed by atoms with Gasteiger partial charge in [-0.25, -0.2) is 33.7 Å². The molecule has 8 aromatic heterocycles. The van der Waals surface area contributed by atoms with Gasteiger partial charge >= 0.3 is 18.3 Å². The van der Waals surface area contributed by atoms with Crippen LogP contribution in [0.1, 0.15) is 156 Å². The Morgan fingerprint density at radius 1 is 0.507 bits per heavy atom. The molecule has 0 spiro atoms. The third-order valence-corrected chi connectivity index (χ3v) is 23.7. The number of alkyl halides is 1. The Labute approximate surface area is 861 Å². The number of ether oxygens (including phenoxy) is 4. The number of amides is 8. The smallest absolute Gasteiger partial charge is 0.407 e. The number of benzene rings is 6. The number of halogens is 2. The first-order chi connectivity index (χ1) is 72.2. The van der Waals surface area contributed by atoms with E-state index < -0.39 is 73.3 Å². The quantitative estimate of drug-likeness (QED) is 0.0153. The van der Waals surface area contributed by atoms with Crippen LogP contribution in [0, 0.1) is 0 Å². The summed E-state index contributed by atoms with van der Waals surface area (Å²) in [4.78, 5) is 163. The lowest BCUT2D eigenvalue weighted by atomic mass is 9.94. The zero-order valence-electron chi connectivity index (χ0n) is 82.0. The fourth-order valence-corrected chi connectivity index (χ4v) is 15.5. The summed E-state index contributed by atoms with van der Waals surface area (Å²) in [6, 6.07) is 48.8. The number of hydrogen-bond donors (Lipinski definition) is 22. The molecule has 8 amide bonds. The van der Waals surface area contributed by atoms with Crippen molar-refractivity contribution in [3.8, 4) is 0 Å². The lowest BCUT2D eigenvalue weighted by Crippen LogP contribution is -2.39. The molecule has 1 unspecified atom stereocenters. The van der Waals surface area contributed by atoms with Crippen LogP contribution in [-0.2, 0) is 58.4 Å². The first-order valence-corrected chi connectivity index (χ1v) is 47.3. The number of aliphatic hydroxyl groups is 5. The molecule has 3 fully saturated rings. The molecule has 784 valence electrons. The number of anilines is 7. The number of para-hydroxylation sites is 6. The van der Waals surface area contributed by atoms with Crippen LogP contribution in [0.3, 0.4) is 0 Å². The third kappa shape index (κ3) is 29.5. The van der Waals surface area contributed by atoms with Crippen LogP contribution in [0.4, 0.5) is 64.4 Å². The van der Waals surface area contributed by atoms with Crippen LogP contribution < -0.4 is 87.2 Å². The van der Waals surface area contributed by atoms with Gasteiger partial charge in [-0.2, -0.15) is 9.97 Å². The minimum Gasteiger partial charge on any atom is -0.445 e. The van der Waals surface area contributed by atoms with Crippen LogP contribution in [0.15, 0.2) is 247 Å². The summed E-state index contributed by atoms with van der Waals surface area (Å²) in [7, 11) is 3.05. The van der Waals surface area contributed by atoms with Crippen molar-refractivity contribution in [2.75, 3.05) is 53.0 Å². The highest BCUT2D eigenvalue weighted by molar-refractivity contribution is 6.28. The van der Waals surface area contributed by atoms with E-state index in [1.807, 2.05) is 26.8 Å². The van der Waals surface area contributed by atoms with Crippen molar-refractivity contribution in [2.24, 2.45) is 4.99 Å². The number of nitrogens with zero attached hydrogens (tertiary/aromatic N) is 10. The summed E-state index contributed by atoms with van der Waals surface area (Å²) < 4.78 is 36.2. The number of imidazole rings is 1. The Kier molecular flexibility index (Phi) is 39.8. The Morgan fingerprint density at radius 3 is 1.47 bits per heavy atom. The number of fused-ring (bicyclic) bond motifs is 3. The van der Waals surface area contributed by atoms with Crippen molar-refractivity contribution in [3.05, 3.63) is 331 Å². The summed E-state index contributed by atoms with van der Waals surface area (Å²) >= 11 is 5.73. The maximum absolute atomic E-state index is 14.0. The predicted octanol–water partition coefficient (Wildman–Crippen LogP) is 8.50. The number of H-pyrrole nitrogens is 3. The van der Waals surface area contributed by atoms with Gasteiger partial charge in [-0.05, 0) is 140 Å². The average molecular weight is 2080 g/mol. The first-order valence-electron chi connectivity index (χ1n) is 47.0. The van der Waals surface area contributed by atoms with Gasteiger partial charge in [0.2, 0.25) is 5.28 Å². The van der Waals surface area contributed by atoms with E-state index in [1.165, 1.54) is 56.2 Å². The van der Waals surface area contributed by atoms with Crippen LogP contribution in [0.2, 0.25) is 5.28 Å². The Hall–Kier alpha value is -17.5. The number of carbonyl (C=O) groups excluding carboxylic acids is 8. The van der Waals surface area contributed by atoms with E-state index in [1.54, 1.807) is 209 Å². The van der Waals surface area contributed by atoms with E-state index >= 15 is 0 Å². The van der Waals surface area contributed by atoms with E-state index in [9.17, 15) is 77.9 Å². The number of rotatable bonds is 24. The molecular weight excluding hydrogens is 1960 g/mol. The molecule has 48 heteroatoms. The van der Waals surface area contributed by atoms with Gasteiger partial charge in [-0.1, -0.05) is 106 Å². The van der Waals surface area contributed by atoms with Gasteiger partial charge in [-0.15, -0.1) is 0 Å². The average Bonchev–Trinajstić information content (AvgIpc) is 1.62. The van der Waals surface area contributed by atoms with Crippen molar-refractivity contribution >= 4 is 133 Å². The van der Waals surface area contributed by atoms with Gasteiger partial charge in [0.05, 0.1) is 101 Å². The topological polar surface area (TPSA) is 701 Å². The molecule has 0 radical (unpaired) electrons. The second kappa shape index (κ2) is 53.6. The summed E-state index contributed by atoms with van der Waals surface area (Å²) in [6.45, 7) is 10.2. The van der Waals surface area contributed by atoms with Crippen LogP contribution >= 0.6 is 11.6 Å². The van der Waals surface area contributed by atoms with Crippen molar-refractivity contribution in [1.29, 1.82) is 0 Å². The fourth-order valence-electron chi connectivity index (χ4n) is 15.4. The molecule has 13 atom stereocenters. The van der Waals surface area contributed by atoms with Crippen LogP contribution in [0.5, 0.6) is 0 Å². The highest BCUT2D eigenvalue weighted by Gasteiger charge is 2.47. The van der Waals surface area contributed by atoms with Crippen molar-refractivity contribution in [3.63, 3.8) is 0 Å². The number of nitrogens with two attached hydrogens (primary N) is 4. The zero-order valence-corrected chi connectivity index (χ0v) is 82.7. The number of aliphatic hydroxyl groups excluding tert-OH is 5. The number of aromatic nitrogens is 12. The SMILES string of the molecule is CC.CC[C@H]1N[C@@H](C2C=Nc3c2nc[nH]c3=O)[C@H](O)[C@@H]1O.CNC(=O)c1ccc(COC(=O)NCc2ccc(C(=O)Nc3ccccc3N)cc2)cn1.CNC(=O)c1cncc(COC(=O)NCc2ccc(C(=O)Nc3ccccc3N)cc2)c1.C[C@H]1N[C@@H](c2c[nH]c3c(=O)[nH]cnc23)[C@H](O)[C@@H]1O.C[C@H]1O[C@@H](n2cnc3c(N)nc(Cl)nc32)[C@@H](F)[C@@H]1O.Nc1ccccc1NC(=O)c1ccc(CNC(=O)OCc2cccnc2)cc1. The maximum Gasteiger partial charge on any atom is 0.407 e. The minimum atomic E-state index is -1.58. The Balaban J connectivity index is 0.000000161. The molecule has 150 heavy (non-hydrogen) atoms. The zero-order chi connectivity index (χ0) is 108. The van der Waals surface area contributed by atoms with Crippen molar-refractivity contribution in [1.82, 2.24) is 96.6 Å². The standard InChI is InChI=1S/2C23H23N5O4.C21H20N4O3.C12H16N4O3.C11H14N4O3.C10H11ClFN5O2.C2H6/c1-25-22(30)20-11-8-16(13-26-20)14-32-23(31)27-12-15-6-9-17(10-7-15)21(29)28-19-5-3-2-4-18(19)24;1-25-21(29)18-10-16(11-26-13-18)14-32-23(31)27-12-15-6-8-17(9-7-15)22(30)28-20-5-3-2-4-19(20)24;22-18-5-1-2-6-19(18)25-20(26)17-9-7-15(8-10-17)13-24-21(27)28-14-16-4-3-11-23-12-16;1-2-6-10(17)11(18)8(16-6)5-3-13-9-7(5)14-4-15-12(9)19;1-4-9(16)10(17)7(15-4)5-2-12-8-6(5)13-3-14-11(8)18;1-3-6(18)4(12)9(19-3)17-2-14-5-7(13)15-10(11)16-8(5)17;1-2/h2-11,13H,12,14,24H2,1H3,(H,25,30)(H,27,31)(H,28,29);2-11,13H,12,14,24H2,1H3,(H,25,29)(H,27,31)(H,28,30);1-12H,13-14,22H2,(H,24,27)(H,25,26);3-6,8,10-11,16-18H,2H2,1H3,(H,14,15,19);2-4,7,9-10,12,15-17H,1H3,(H,13,14,18);2-4,6,9,18H,1H3,(H2,13,15,16);1-2H3/t;;;5?,6-,8+,10-,11+;4-,7+,9-,10+;3-,4+,6-,9-;/m...111./s1. The molecule has 0 saturated carbocycles. The monoisotopic (exact) mass is 2070 g/mol. The Morgan fingerprint density at radius 2 is 1.01 bits per heavy atom. The molecule has 14 aromatic rings. The molecule has 12 heterocycles. The number of aromatic amines is 3. The van der Waals surface area contributed by atoms with E-state index in [0.717, 1.165) is 22.3 Å². The van der Waals surface area contributed by atoms with E-state index in [-0.39, 0.29) is 126 Å². The first kappa shape index (κ1) is 111. The molecule has 0 aliphatic carbocycles. The number of aliphatic imine (C=N–C) groups is 1. The molecule has 4 aliphatic heterocycles. The Bertz CT molecular complexity index is 7140. The molecule has 18 rings (SSSR count). The van der Waals surface area contributed by atoms with Gasteiger partial charge in [0.25, 0.3) is 40.7 Å². The largest absolute Gasteiger partial charge is 0.445 e. The van der Waals surface area contributed by atoms with E-state index in [4.69, 9.17) is 53.5 Å². The van der Waals surface area contributed by atoms with Crippen molar-refractivity contribution < 1.29 is 87.2 Å². The molecular formula is C102H113ClFN27O19. The second-order valence-electron chi connectivity index (χ2n) is 33.6. The van der Waals surface area contributed by atoms with Crippen LogP contribution in [0.25, 0.3) is 22.2 Å². The number of alkyl carbamates (subject to hydrolysis) is 3. The van der Waals surface area contributed by atoms with Crippen molar-refractivity contribution in [2.45, 2.75) is 160 Å². The molecule has 6 aromatic carbocycles. The van der Waals surface area contributed by atoms with E-state index in [0.29, 0.717) is 108 Å². The van der Waals surface area contributed by atoms with Gasteiger partial charge in [0.15, 0.2) is 23.9 Å². The number of carbonyl (C=O) groups is 8. The number of nitrogen functional groups attached to an aromatic ring is 4. The second-order valence-corrected chi connectivity index (χ2v) is 33.9. The van der Waals surface area contributed by atoms with E-state index in [2.05, 4.69) is 113 Å². The van der Waals surface area contributed by atoms with Gasteiger partial charge in [0.1, 0.15) is 60.0 Å². The predicted molar refractivity (Wildman–Crippen MR) is 556 cm³/mol. The number of nitrogens with one attached hydrogen (secondary N) is 13. The molecule has 26 N–H and O–H groups in total. The lowest BCUT2D eigenvalue weighted by molar-refractivity contribution is -0.0137. The molecule has 3 saturated heterocycles. The highest BCUT2D eigenvalue weighted by Crippen LogP contribution is 2.37. The lowest BCUT2D eigenvalue weighted by Gasteiger charge is -2.20. The van der Waals surface area contributed by atoms with Gasteiger partial charge in [-0.3, -0.25) is 58.1 Å². The fraction of sp³-hybridized carbons (Fsp3) is 0.265. The molecule has 4 aliphatic rings. The maximum atomic E-state index is 14.0. The highest BCUT2D eigenvalue weighted by atomic mass is 35.5. The van der Waals surface area contributed by atoms with Gasteiger partial charge in [0, 0.05) is 134 Å². The van der Waals surface area contributed by atoms with Crippen LogP contribution in [-0.4, -0.2) is 214 Å². The normalized spacial score (nSPS) is 18.7.